The lowest BCUT2D eigenvalue weighted by atomic mass is 10.00. The fourth-order valence-electron chi connectivity index (χ4n) is 2.41. The van der Waals surface area contributed by atoms with Crippen molar-refractivity contribution in [1.82, 2.24) is 4.90 Å². The third-order valence-electron chi connectivity index (χ3n) is 3.20. The average Bonchev–Trinajstić information content (AvgIpc) is 2.72. The zero-order valence-electron chi connectivity index (χ0n) is 12.3. The number of ketones is 1. The molecule has 0 N–H and O–H groups in total. The Hall–Kier alpha value is -0.325. The zero-order chi connectivity index (χ0) is 14.4. The summed E-state index contributed by atoms with van der Waals surface area (Å²) in [6.07, 6.45) is 1.53. The van der Waals surface area contributed by atoms with Gasteiger partial charge in [0, 0.05) is 5.92 Å². The van der Waals surface area contributed by atoms with Crippen molar-refractivity contribution in [1.29, 1.82) is 2.67 Å². The van der Waals surface area contributed by atoms with E-state index in [-0.39, 0.29) is 29.4 Å². The molecule has 3 atom stereocenters. The molecule has 0 aromatic carbocycles. The molecule has 96 valence electrons. The van der Waals surface area contributed by atoms with Crippen LogP contribution in [0.25, 0.3) is 0 Å². The predicted molar refractivity (Wildman–Crippen MR) is 71.8 cm³/mol. The molecule has 0 radical (unpaired) electrons. The molecule has 4 nitrogen and oxygen atoms in total. The first-order valence-electron chi connectivity index (χ1n) is 6.97. The van der Waals surface area contributed by atoms with Crippen molar-refractivity contribution in [3.63, 3.8) is 0 Å². The van der Waals surface area contributed by atoms with E-state index < -0.39 is 7.77 Å². The van der Waals surface area contributed by atoms with Crippen LogP contribution in [0.4, 0.5) is 0 Å². The molecule has 0 aliphatic carbocycles. The molecule has 0 bridgehead atoms. The Kier molecular flexibility index (Phi) is 4.97. The number of aldehydes is 1. The maximum Gasteiger partial charge on any atom is 0.146 e. The van der Waals surface area contributed by atoms with Gasteiger partial charge in [-0.3, -0.25) is 9.69 Å². The number of carbonyl (C=O) groups is 2. The second-order valence-electron chi connectivity index (χ2n) is 4.15. The molecule has 0 amide bonds. The van der Waals surface area contributed by atoms with E-state index in [0.29, 0.717) is 19.6 Å². The highest BCUT2D eigenvalue weighted by Gasteiger charge is 2.42. The van der Waals surface area contributed by atoms with Gasteiger partial charge in [0.25, 0.3) is 0 Å². The van der Waals surface area contributed by atoms with Crippen LogP contribution in [0, 0.1) is 5.92 Å². The summed E-state index contributed by atoms with van der Waals surface area (Å²) in [7, 11) is -0.910. The second-order valence-corrected chi connectivity index (χ2v) is 4.95. The fraction of sp³-hybridized carbons (Fsp3) is 0.818. The van der Waals surface area contributed by atoms with Crippen LogP contribution in [-0.4, -0.2) is 58.3 Å². The van der Waals surface area contributed by atoms with Crippen LogP contribution in [0.2, 0.25) is 0 Å². The summed E-state index contributed by atoms with van der Waals surface area (Å²) in [5.41, 5.74) is 0.284. The lowest BCUT2D eigenvalue weighted by Crippen LogP contribution is -2.41. The average molecular weight is 260 g/mol. The third-order valence-corrected chi connectivity index (χ3v) is 3.64. The number of nitrogens with zero attached hydrogens (tertiary/aromatic N) is 1. The molecular weight excluding hydrogens is 237 g/mol. The molecule has 0 spiro atoms. The van der Waals surface area contributed by atoms with Gasteiger partial charge in [-0.1, -0.05) is 6.92 Å². The van der Waals surface area contributed by atoms with Crippen LogP contribution in [0.15, 0.2) is 0 Å². The summed E-state index contributed by atoms with van der Waals surface area (Å²) in [6, 6.07) is -0.471. The Morgan fingerprint density at radius 2 is 2.65 bits per heavy atom. The maximum absolute atomic E-state index is 11.6. The van der Waals surface area contributed by atoms with Crippen LogP contribution in [0.3, 0.4) is 0 Å². The van der Waals surface area contributed by atoms with Crippen molar-refractivity contribution in [2.24, 2.45) is 5.92 Å². The largest absolute Gasteiger partial charge is 0.316 e. The molecule has 6 heteroatoms. The van der Waals surface area contributed by atoms with Crippen molar-refractivity contribution in [2.45, 2.75) is 32.4 Å². The summed E-state index contributed by atoms with van der Waals surface area (Å²) >= 11 is 1.08. The normalized spacial score (nSPS) is 30.8. The van der Waals surface area contributed by atoms with Gasteiger partial charge >= 0.3 is 0 Å². The molecule has 1 saturated heterocycles. The lowest BCUT2D eigenvalue weighted by Gasteiger charge is -2.24. The van der Waals surface area contributed by atoms with E-state index in [1.54, 1.807) is 6.92 Å². The van der Waals surface area contributed by atoms with E-state index in [4.69, 9.17) is 6.85 Å². The Morgan fingerprint density at radius 1 is 1.88 bits per heavy atom. The van der Waals surface area contributed by atoms with Crippen molar-refractivity contribution in [2.75, 3.05) is 18.8 Å². The van der Waals surface area contributed by atoms with Gasteiger partial charge in [0.1, 0.15) is 19.8 Å². The van der Waals surface area contributed by atoms with Crippen LogP contribution in [-0.2, 0) is 13.8 Å². The van der Waals surface area contributed by atoms with Gasteiger partial charge < -0.3 is 8.98 Å². The fourth-order valence-corrected chi connectivity index (χ4v) is 2.78. The van der Waals surface area contributed by atoms with E-state index in [1.807, 2.05) is 11.8 Å². The van der Waals surface area contributed by atoms with Crippen molar-refractivity contribution >= 4 is 31.9 Å². The van der Waals surface area contributed by atoms with Gasteiger partial charge in [0.2, 0.25) is 0 Å². The Morgan fingerprint density at radius 3 is 3.18 bits per heavy atom. The second kappa shape index (κ2) is 7.19. The summed E-state index contributed by atoms with van der Waals surface area (Å²) in [5.74, 6) is 0.0926. The van der Waals surface area contributed by atoms with E-state index in [2.05, 4.69) is 0 Å². The van der Waals surface area contributed by atoms with Gasteiger partial charge in [-0.05, 0) is 40.3 Å². The molecule has 1 rings (SSSR count). The molecule has 0 aromatic heterocycles. The standard InChI is InChI=1S/C11H20BNO3S/c1-3-13-10(8(2)15)4-9(11(13)5-14)6-16-17-7-12/h5,9-11H,3-4,6-7,12H2,1-2H3/t9-,10+,11-/m0/s1/i12TD. The molecule has 1 aliphatic heterocycles. The molecule has 0 aromatic rings. The minimum absolute atomic E-state index is 0.00812. The molecule has 1 heterocycles. The van der Waals surface area contributed by atoms with Crippen molar-refractivity contribution in [3.05, 3.63) is 0 Å². The van der Waals surface area contributed by atoms with E-state index in [9.17, 15) is 9.59 Å². The minimum Gasteiger partial charge on any atom is -0.316 e. The summed E-state index contributed by atoms with van der Waals surface area (Å²) in [6.45, 7) is 4.53. The highest BCUT2D eigenvalue weighted by atomic mass is 32.2. The monoisotopic (exact) mass is 260 g/mol. The van der Waals surface area contributed by atoms with Crippen LogP contribution in [0.1, 0.15) is 20.3 Å². The highest BCUT2D eigenvalue weighted by molar-refractivity contribution is 7.95. The number of hydrogen-bond acceptors (Lipinski definition) is 5. The van der Waals surface area contributed by atoms with Crippen LogP contribution < -0.4 is 0 Å². The summed E-state index contributed by atoms with van der Waals surface area (Å²) in [5, 5.41) is 0. The lowest BCUT2D eigenvalue weighted by molar-refractivity contribution is -0.122. The number of carbonyl (C=O) groups excluding carboxylic acids is 2. The Balaban J connectivity index is 2.53. The van der Waals surface area contributed by atoms with Crippen LogP contribution >= 0.6 is 12.0 Å². The number of Topliss-reactive ketones (excluding diaryl/α,β-unsaturated/α-hetero) is 1. The van der Waals surface area contributed by atoms with E-state index in [0.717, 1.165) is 18.3 Å². The smallest absolute Gasteiger partial charge is 0.146 e. The van der Waals surface area contributed by atoms with Gasteiger partial charge in [-0.2, -0.15) is 0 Å². The number of likely N-dealkylation sites (tertiary alicyclic amines) is 1. The SMILES string of the molecule is [2H]B([3H])CSOC[C@@H]1C[C@H](C(C)=O)N(CC)[C@H]1C=O. The summed E-state index contributed by atoms with van der Waals surface area (Å²) in [4.78, 5) is 24.7. The van der Waals surface area contributed by atoms with E-state index >= 15 is 0 Å². The minimum atomic E-state index is -0.910. The third kappa shape index (κ3) is 3.56. The molecule has 17 heavy (non-hydrogen) atoms. The highest BCUT2D eigenvalue weighted by Crippen LogP contribution is 2.30. The maximum atomic E-state index is 11.6. The summed E-state index contributed by atoms with van der Waals surface area (Å²) < 4.78 is 19.5. The zero-order valence-corrected chi connectivity index (χ0v) is 11.1. The van der Waals surface area contributed by atoms with E-state index in [1.165, 1.54) is 0 Å². The topological polar surface area (TPSA) is 46.6 Å². The van der Waals surface area contributed by atoms with Crippen molar-refractivity contribution in [3.8, 4) is 0 Å². The Bertz CT molecular complexity index is 322. The van der Waals surface area contributed by atoms with Gasteiger partial charge in [-0.15, -0.1) is 0 Å². The number of rotatable bonds is 8. The molecule has 1 aliphatic rings. The molecular formula is C11H20BNO3S. The Labute approximate surface area is 111 Å². The van der Waals surface area contributed by atoms with Gasteiger partial charge in [-0.25, -0.2) is 0 Å². The van der Waals surface area contributed by atoms with Crippen LogP contribution in [0.5, 0.6) is 0 Å². The van der Waals surface area contributed by atoms with Crippen molar-refractivity contribution < 1.29 is 13.8 Å². The molecule has 0 unspecified atom stereocenters. The number of hydrogen-bond donors (Lipinski definition) is 0. The first kappa shape index (κ1) is 11.7. The quantitative estimate of drug-likeness (QED) is 0.268. The first-order valence-corrected chi connectivity index (χ1v) is 6.72. The first-order chi connectivity index (χ1) is 9.01. The van der Waals surface area contributed by atoms with Gasteiger partial charge in [0.05, 0.1) is 18.7 Å². The molecule has 1 fully saturated rings. The molecule has 0 saturated carbocycles. The predicted octanol–water partition coefficient (Wildman–Crippen LogP) is 0.109. The number of likely N-dealkylation sites (N-methyl/N-ethyl adjacent to an activating group) is 1. The van der Waals surface area contributed by atoms with Gasteiger partial charge in [0.15, 0.2) is 0 Å².